The molecule has 8 nitrogen and oxygen atoms in total. The second-order valence-corrected chi connectivity index (χ2v) is 3.96. The van der Waals surface area contributed by atoms with Gasteiger partial charge in [0.25, 0.3) is 11.4 Å². The van der Waals surface area contributed by atoms with Crippen LogP contribution in [0.1, 0.15) is 35.7 Å². The van der Waals surface area contributed by atoms with Gasteiger partial charge in [0.15, 0.2) is 0 Å². The molecule has 0 saturated heterocycles. The van der Waals surface area contributed by atoms with E-state index in [1.165, 1.54) is 0 Å². The minimum Gasteiger partial charge on any atom is -0.366 e. The minimum atomic E-state index is -0.925. The molecule has 0 heterocycles. The van der Waals surface area contributed by atoms with Gasteiger partial charge in [-0.05, 0) is 5.92 Å². The number of carbonyl (C=O) groups is 1. The van der Waals surface area contributed by atoms with Gasteiger partial charge in [-0.2, -0.15) is 0 Å². The molecule has 2 N–H and O–H groups in total. The van der Waals surface area contributed by atoms with Gasteiger partial charge in [-0.1, -0.05) is 13.8 Å². The van der Waals surface area contributed by atoms with E-state index in [0.29, 0.717) is 0 Å². The quantitative estimate of drug-likeness (QED) is 0.644. The summed E-state index contributed by atoms with van der Waals surface area (Å²) in [5.74, 6) is -1.28. The maximum absolute atomic E-state index is 11.3. The number of primary amides is 1. The third kappa shape index (κ3) is 2.42. The summed E-state index contributed by atoms with van der Waals surface area (Å²) >= 11 is 0. The molecule has 1 aromatic rings. The molecule has 0 unspecified atom stereocenters. The summed E-state index contributed by atoms with van der Waals surface area (Å²) in [6, 6.07) is 1.80. The number of benzene rings is 1. The second kappa shape index (κ2) is 4.78. The number of non-ortho nitro benzene ring substituents is 1. The zero-order valence-electron chi connectivity index (χ0n) is 9.75. The van der Waals surface area contributed by atoms with E-state index in [4.69, 9.17) is 5.73 Å². The number of nitrogens with two attached hydrogens (primary N) is 1. The summed E-state index contributed by atoms with van der Waals surface area (Å²) in [6.45, 7) is 3.28. The highest BCUT2D eigenvalue weighted by Gasteiger charge is 2.27. The molecule has 18 heavy (non-hydrogen) atoms. The van der Waals surface area contributed by atoms with Gasteiger partial charge in [-0.25, -0.2) is 0 Å². The summed E-state index contributed by atoms with van der Waals surface area (Å²) in [4.78, 5) is 31.3. The third-order valence-corrected chi connectivity index (χ3v) is 2.39. The topological polar surface area (TPSA) is 129 Å². The zero-order valence-corrected chi connectivity index (χ0v) is 9.75. The van der Waals surface area contributed by atoms with Gasteiger partial charge < -0.3 is 5.73 Å². The Bertz CT molecular complexity index is 503. The molecule has 8 heteroatoms. The molecule has 1 rings (SSSR count). The Hall–Kier alpha value is -2.51. The van der Waals surface area contributed by atoms with E-state index in [-0.39, 0.29) is 17.0 Å². The van der Waals surface area contributed by atoms with Crippen molar-refractivity contribution in [1.82, 2.24) is 0 Å². The number of amides is 1. The van der Waals surface area contributed by atoms with E-state index < -0.39 is 27.1 Å². The summed E-state index contributed by atoms with van der Waals surface area (Å²) in [5.41, 5.74) is 4.03. The lowest BCUT2D eigenvalue weighted by Crippen LogP contribution is -2.16. The maximum atomic E-state index is 11.3. The summed E-state index contributed by atoms with van der Waals surface area (Å²) in [5, 5.41) is 21.6. The lowest BCUT2D eigenvalue weighted by molar-refractivity contribution is -0.394. The minimum absolute atomic E-state index is 0.109. The van der Waals surface area contributed by atoms with Gasteiger partial charge in [-0.15, -0.1) is 0 Å². The SMILES string of the molecule is CC(C)c1c(C(N)=O)cc([N+](=O)[O-])cc1[N+](=O)[O-]. The molecular weight excluding hydrogens is 242 g/mol. The summed E-state index contributed by atoms with van der Waals surface area (Å²) < 4.78 is 0. The zero-order chi connectivity index (χ0) is 14.0. The van der Waals surface area contributed by atoms with Crippen molar-refractivity contribution in [1.29, 1.82) is 0 Å². The molecule has 0 radical (unpaired) electrons. The monoisotopic (exact) mass is 253 g/mol. The molecule has 1 amide bonds. The van der Waals surface area contributed by atoms with E-state index in [0.717, 1.165) is 12.1 Å². The van der Waals surface area contributed by atoms with Crippen LogP contribution < -0.4 is 5.73 Å². The Morgan fingerprint density at radius 3 is 2.11 bits per heavy atom. The largest absolute Gasteiger partial charge is 0.366 e. The molecule has 0 atom stereocenters. The Balaban J connectivity index is 3.71. The first kappa shape index (κ1) is 13.6. The van der Waals surface area contributed by atoms with Crippen LogP contribution in [0.15, 0.2) is 12.1 Å². The molecular formula is C10H11N3O5. The van der Waals surface area contributed by atoms with Crippen LogP contribution in [0.25, 0.3) is 0 Å². The molecule has 0 fully saturated rings. The van der Waals surface area contributed by atoms with Crippen LogP contribution in [0.5, 0.6) is 0 Å². The first-order valence-electron chi connectivity index (χ1n) is 5.02. The molecule has 0 bridgehead atoms. The molecule has 0 saturated carbocycles. The van der Waals surface area contributed by atoms with Crippen molar-refractivity contribution < 1.29 is 14.6 Å². The fourth-order valence-electron chi connectivity index (χ4n) is 1.69. The van der Waals surface area contributed by atoms with E-state index in [2.05, 4.69) is 0 Å². The number of hydrogen-bond donors (Lipinski definition) is 1. The van der Waals surface area contributed by atoms with Crippen molar-refractivity contribution in [2.75, 3.05) is 0 Å². The maximum Gasteiger partial charge on any atom is 0.280 e. The van der Waals surface area contributed by atoms with Gasteiger partial charge in [0.2, 0.25) is 5.91 Å². The smallest absolute Gasteiger partial charge is 0.280 e. The third-order valence-electron chi connectivity index (χ3n) is 2.39. The van der Waals surface area contributed by atoms with Crippen LogP contribution in [-0.4, -0.2) is 15.8 Å². The molecule has 1 aromatic carbocycles. The predicted molar refractivity (Wildman–Crippen MR) is 62.4 cm³/mol. The molecule has 0 aliphatic carbocycles. The molecule has 0 aromatic heterocycles. The fourth-order valence-corrected chi connectivity index (χ4v) is 1.69. The van der Waals surface area contributed by atoms with Gasteiger partial charge in [0.05, 0.1) is 21.5 Å². The van der Waals surface area contributed by atoms with Crippen molar-refractivity contribution in [2.24, 2.45) is 5.73 Å². The van der Waals surface area contributed by atoms with Gasteiger partial charge in [0.1, 0.15) is 0 Å². The number of hydrogen-bond acceptors (Lipinski definition) is 5. The molecule has 0 aliphatic rings. The van der Waals surface area contributed by atoms with Crippen LogP contribution in [0.3, 0.4) is 0 Å². The van der Waals surface area contributed by atoms with Gasteiger partial charge in [-0.3, -0.25) is 25.0 Å². The standard InChI is InChI=1S/C10H11N3O5/c1-5(2)9-7(10(11)14)3-6(12(15)16)4-8(9)13(17)18/h3-5H,1-2H3,(H2,11,14). The fraction of sp³-hybridized carbons (Fsp3) is 0.300. The van der Waals surface area contributed by atoms with Gasteiger partial charge >= 0.3 is 0 Å². The second-order valence-electron chi connectivity index (χ2n) is 3.96. The predicted octanol–water partition coefficient (Wildman–Crippen LogP) is 1.73. The van der Waals surface area contributed by atoms with Crippen molar-refractivity contribution in [2.45, 2.75) is 19.8 Å². The number of carbonyl (C=O) groups excluding carboxylic acids is 1. The Morgan fingerprint density at radius 1 is 1.22 bits per heavy atom. The van der Waals surface area contributed by atoms with Crippen LogP contribution in [-0.2, 0) is 0 Å². The first-order chi connectivity index (χ1) is 8.25. The van der Waals surface area contributed by atoms with Crippen molar-refractivity contribution in [3.63, 3.8) is 0 Å². The highest BCUT2D eigenvalue weighted by molar-refractivity contribution is 5.96. The first-order valence-corrected chi connectivity index (χ1v) is 5.02. The summed E-state index contributed by atoms with van der Waals surface area (Å²) in [7, 11) is 0. The van der Waals surface area contributed by atoms with E-state index >= 15 is 0 Å². The molecule has 0 aliphatic heterocycles. The Labute approximate surface area is 102 Å². The number of rotatable bonds is 4. The van der Waals surface area contributed by atoms with Crippen molar-refractivity contribution in [3.8, 4) is 0 Å². The van der Waals surface area contributed by atoms with Crippen LogP contribution in [0.4, 0.5) is 11.4 Å². The average Bonchev–Trinajstić information content (AvgIpc) is 2.26. The highest BCUT2D eigenvalue weighted by Crippen LogP contribution is 2.33. The van der Waals surface area contributed by atoms with Crippen molar-refractivity contribution in [3.05, 3.63) is 43.5 Å². The number of nitro groups is 2. The Kier molecular flexibility index (Phi) is 3.60. The number of nitrogens with zero attached hydrogens (tertiary/aromatic N) is 2. The van der Waals surface area contributed by atoms with Crippen molar-refractivity contribution >= 4 is 17.3 Å². The molecule has 0 spiro atoms. The van der Waals surface area contributed by atoms with Crippen LogP contribution in [0, 0.1) is 20.2 Å². The lowest BCUT2D eigenvalue weighted by Gasteiger charge is -2.10. The van der Waals surface area contributed by atoms with Crippen LogP contribution in [0.2, 0.25) is 0 Å². The normalized spacial score (nSPS) is 10.4. The lowest BCUT2D eigenvalue weighted by atomic mass is 9.94. The number of nitro benzene ring substituents is 2. The van der Waals surface area contributed by atoms with E-state index in [1.807, 2.05) is 0 Å². The van der Waals surface area contributed by atoms with E-state index in [9.17, 15) is 25.0 Å². The highest BCUT2D eigenvalue weighted by atomic mass is 16.6. The van der Waals surface area contributed by atoms with E-state index in [1.54, 1.807) is 13.8 Å². The van der Waals surface area contributed by atoms with Crippen LogP contribution >= 0.6 is 0 Å². The van der Waals surface area contributed by atoms with Gasteiger partial charge in [0, 0.05) is 11.6 Å². The summed E-state index contributed by atoms with van der Waals surface area (Å²) in [6.07, 6.45) is 0. The molecule has 96 valence electrons. The average molecular weight is 253 g/mol. The Morgan fingerprint density at radius 2 is 1.78 bits per heavy atom.